The Hall–Kier alpha value is -2.94. The highest BCUT2D eigenvalue weighted by Gasteiger charge is 2.17. The molecule has 0 aromatic heterocycles. The van der Waals surface area contributed by atoms with Crippen molar-refractivity contribution in [3.63, 3.8) is 0 Å². The van der Waals surface area contributed by atoms with Gasteiger partial charge in [-0.1, -0.05) is 23.7 Å². The van der Waals surface area contributed by atoms with Crippen LogP contribution in [-0.4, -0.2) is 21.4 Å². The van der Waals surface area contributed by atoms with E-state index in [0.717, 1.165) is 6.07 Å². The van der Waals surface area contributed by atoms with Crippen LogP contribution in [0.2, 0.25) is 5.02 Å². The summed E-state index contributed by atoms with van der Waals surface area (Å²) in [5.74, 6) is -0.761. The molecule has 6 nitrogen and oxygen atoms in total. The van der Waals surface area contributed by atoms with E-state index < -0.39 is 21.7 Å². The summed E-state index contributed by atoms with van der Waals surface area (Å²) >= 11 is 5.78. The maximum Gasteiger partial charge on any atom is 0.255 e. The maximum absolute atomic E-state index is 14.4. The molecule has 0 aliphatic rings. The number of ether oxygens (including phenoxy) is 1. The van der Waals surface area contributed by atoms with Gasteiger partial charge < -0.3 is 10.1 Å². The van der Waals surface area contributed by atoms with Crippen molar-refractivity contribution in [1.82, 2.24) is 4.72 Å². The fourth-order valence-electron chi connectivity index (χ4n) is 2.57. The molecule has 0 saturated carbocycles. The summed E-state index contributed by atoms with van der Waals surface area (Å²) in [4.78, 5) is 12.0. The number of sulfonamides is 1. The predicted octanol–water partition coefficient (Wildman–Crippen LogP) is 4.22. The van der Waals surface area contributed by atoms with Crippen LogP contribution in [0.25, 0.3) is 0 Å². The van der Waals surface area contributed by atoms with Gasteiger partial charge in [-0.15, -0.1) is 0 Å². The summed E-state index contributed by atoms with van der Waals surface area (Å²) in [5, 5.41) is 2.88. The molecule has 9 heteroatoms. The molecule has 30 heavy (non-hydrogen) atoms. The topological polar surface area (TPSA) is 84.5 Å². The summed E-state index contributed by atoms with van der Waals surface area (Å²) in [6.07, 6.45) is 0. The van der Waals surface area contributed by atoms with Crippen LogP contribution >= 0.6 is 11.6 Å². The van der Waals surface area contributed by atoms with E-state index in [9.17, 15) is 17.6 Å². The van der Waals surface area contributed by atoms with E-state index in [2.05, 4.69) is 10.0 Å². The second kappa shape index (κ2) is 9.25. The van der Waals surface area contributed by atoms with Gasteiger partial charge in [0.1, 0.15) is 11.6 Å². The quantitative estimate of drug-likeness (QED) is 0.566. The molecule has 0 heterocycles. The summed E-state index contributed by atoms with van der Waals surface area (Å²) < 4.78 is 46.8. The minimum Gasteiger partial charge on any atom is -0.497 e. The molecule has 0 unspecified atom stereocenters. The molecule has 156 valence electrons. The van der Waals surface area contributed by atoms with Crippen molar-refractivity contribution < 1.29 is 22.3 Å². The second-order valence-electron chi connectivity index (χ2n) is 6.28. The molecule has 0 spiro atoms. The van der Waals surface area contributed by atoms with Gasteiger partial charge in [-0.3, -0.25) is 4.79 Å². The molecule has 0 aliphatic heterocycles. The zero-order valence-corrected chi connectivity index (χ0v) is 17.4. The van der Waals surface area contributed by atoms with Crippen molar-refractivity contribution in [2.75, 3.05) is 12.4 Å². The largest absolute Gasteiger partial charge is 0.497 e. The average Bonchev–Trinajstić information content (AvgIpc) is 2.74. The fourth-order valence-corrected chi connectivity index (χ4v) is 3.72. The number of hydrogen-bond acceptors (Lipinski definition) is 4. The van der Waals surface area contributed by atoms with Gasteiger partial charge in [0.2, 0.25) is 10.0 Å². The molecular weight excluding hydrogens is 431 g/mol. The van der Waals surface area contributed by atoms with Crippen molar-refractivity contribution in [3.8, 4) is 5.75 Å². The number of nitrogens with one attached hydrogen (secondary N) is 2. The Labute approximate surface area is 178 Å². The van der Waals surface area contributed by atoms with E-state index >= 15 is 0 Å². The third-order valence-corrected chi connectivity index (χ3v) is 5.88. The van der Waals surface area contributed by atoms with Gasteiger partial charge in [0, 0.05) is 17.1 Å². The third-order valence-electron chi connectivity index (χ3n) is 4.23. The van der Waals surface area contributed by atoms with Gasteiger partial charge >= 0.3 is 0 Å². The first-order valence-electron chi connectivity index (χ1n) is 8.77. The van der Waals surface area contributed by atoms with Gasteiger partial charge in [0.15, 0.2) is 0 Å². The van der Waals surface area contributed by atoms with Gasteiger partial charge in [-0.2, -0.15) is 0 Å². The Kier molecular flexibility index (Phi) is 6.71. The standard InChI is InChI=1S/C21H18ClFN2O4S/c1-29-17-8-2-14(3-9-17)13-24-30(27,28)18-10-11-20(19(23)12-18)25-21(26)15-4-6-16(22)7-5-15/h2-12,24H,13H2,1H3,(H,25,26). The summed E-state index contributed by atoms with van der Waals surface area (Å²) in [6, 6.07) is 16.2. The van der Waals surface area contributed by atoms with Crippen LogP contribution in [-0.2, 0) is 16.6 Å². The lowest BCUT2D eigenvalue weighted by Crippen LogP contribution is -2.23. The number of anilines is 1. The average molecular weight is 449 g/mol. The molecule has 0 aliphatic carbocycles. The Morgan fingerprint density at radius 1 is 1.03 bits per heavy atom. The number of methoxy groups -OCH3 is 1. The van der Waals surface area contributed by atoms with E-state index in [1.54, 1.807) is 24.3 Å². The van der Waals surface area contributed by atoms with E-state index in [4.69, 9.17) is 16.3 Å². The Morgan fingerprint density at radius 2 is 1.70 bits per heavy atom. The normalized spacial score (nSPS) is 11.2. The highest BCUT2D eigenvalue weighted by molar-refractivity contribution is 7.89. The fraction of sp³-hybridized carbons (Fsp3) is 0.0952. The zero-order valence-electron chi connectivity index (χ0n) is 15.9. The molecule has 2 N–H and O–H groups in total. The lowest BCUT2D eigenvalue weighted by molar-refractivity contribution is 0.102. The van der Waals surface area contributed by atoms with Gasteiger partial charge in [-0.05, 0) is 60.2 Å². The number of carbonyl (C=O) groups is 1. The van der Waals surface area contributed by atoms with Crippen LogP contribution in [0.1, 0.15) is 15.9 Å². The Balaban J connectivity index is 1.69. The molecule has 0 radical (unpaired) electrons. The highest BCUT2D eigenvalue weighted by atomic mass is 35.5. The number of halogens is 2. The Bertz CT molecular complexity index is 1150. The first-order valence-corrected chi connectivity index (χ1v) is 10.6. The molecule has 0 bridgehead atoms. The first-order chi connectivity index (χ1) is 14.3. The minimum absolute atomic E-state index is 0.0308. The number of carbonyl (C=O) groups excluding carboxylic acids is 1. The molecule has 3 rings (SSSR count). The zero-order chi connectivity index (χ0) is 21.7. The van der Waals surface area contributed by atoms with Crippen molar-refractivity contribution in [1.29, 1.82) is 0 Å². The lowest BCUT2D eigenvalue weighted by atomic mass is 10.2. The van der Waals surface area contributed by atoms with Crippen LogP contribution in [0.3, 0.4) is 0 Å². The van der Waals surface area contributed by atoms with Crippen molar-refractivity contribution in [3.05, 3.63) is 88.7 Å². The summed E-state index contributed by atoms with van der Waals surface area (Å²) in [6.45, 7) is 0.0308. The van der Waals surface area contributed by atoms with Gasteiger partial charge in [0.25, 0.3) is 5.91 Å². The highest BCUT2D eigenvalue weighted by Crippen LogP contribution is 2.21. The number of hydrogen-bond donors (Lipinski definition) is 2. The molecule has 3 aromatic rings. The van der Waals surface area contributed by atoms with E-state index in [1.807, 2.05) is 0 Å². The van der Waals surface area contributed by atoms with Crippen LogP contribution in [0, 0.1) is 5.82 Å². The molecule has 1 amide bonds. The molecule has 0 fully saturated rings. The number of benzene rings is 3. The van der Waals surface area contributed by atoms with E-state index in [0.29, 0.717) is 16.3 Å². The van der Waals surface area contributed by atoms with Gasteiger partial charge in [0.05, 0.1) is 17.7 Å². The number of rotatable bonds is 7. The summed E-state index contributed by atoms with van der Waals surface area (Å²) in [5.41, 5.74) is 0.868. The maximum atomic E-state index is 14.4. The first kappa shape index (κ1) is 21.8. The van der Waals surface area contributed by atoms with Crippen molar-refractivity contribution in [2.45, 2.75) is 11.4 Å². The number of amides is 1. The van der Waals surface area contributed by atoms with E-state index in [-0.39, 0.29) is 22.7 Å². The molecule has 0 saturated heterocycles. The monoisotopic (exact) mass is 448 g/mol. The van der Waals surface area contributed by atoms with Gasteiger partial charge in [-0.25, -0.2) is 17.5 Å². The SMILES string of the molecule is COc1ccc(CNS(=O)(=O)c2ccc(NC(=O)c3ccc(Cl)cc3)c(F)c2)cc1. The molecular formula is C21H18ClFN2O4S. The van der Waals surface area contributed by atoms with Crippen molar-refractivity contribution >= 4 is 33.2 Å². The summed E-state index contributed by atoms with van der Waals surface area (Å²) in [7, 11) is -2.41. The van der Waals surface area contributed by atoms with Crippen LogP contribution in [0.15, 0.2) is 71.6 Å². The predicted molar refractivity (Wildman–Crippen MR) is 113 cm³/mol. The van der Waals surface area contributed by atoms with Crippen LogP contribution < -0.4 is 14.8 Å². The smallest absolute Gasteiger partial charge is 0.255 e. The second-order valence-corrected chi connectivity index (χ2v) is 8.48. The molecule has 3 aromatic carbocycles. The lowest BCUT2D eigenvalue weighted by Gasteiger charge is -2.10. The van der Waals surface area contributed by atoms with Crippen LogP contribution in [0.5, 0.6) is 5.75 Å². The van der Waals surface area contributed by atoms with Crippen molar-refractivity contribution in [2.24, 2.45) is 0 Å². The Morgan fingerprint density at radius 3 is 2.30 bits per heavy atom. The van der Waals surface area contributed by atoms with Crippen LogP contribution in [0.4, 0.5) is 10.1 Å². The molecule has 0 atom stereocenters. The minimum atomic E-state index is -3.95. The van der Waals surface area contributed by atoms with E-state index in [1.165, 1.54) is 43.5 Å². The third kappa shape index (κ3) is 5.35.